The zero-order chi connectivity index (χ0) is 24.9. The number of H-pyrrole nitrogens is 1. The molecule has 1 fully saturated rings. The number of ether oxygens (including phenoxy) is 1. The second kappa shape index (κ2) is 9.00. The van der Waals surface area contributed by atoms with Crippen LogP contribution >= 0.6 is 15.9 Å². The van der Waals surface area contributed by atoms with E-state index in [0.29, 0.717) is 45.2 Å². The number of benzene rings is 1. The Morgan fingerprint density at radius 1 is 1.00 bits per heavy atom. The molecule has 1 saturated heterocycles. The number of anilines is 2. The molecule has 4 aromatic rings. The van der Waals surface area contributed by atoms with Gasteiger partial charge in [0.25, 0.3) is 0 Å². The molecule has 0 amide bonds. The van der Waals surface area contributed by atoms with Crippen LogP contribution in [0, 0.1) is 0 Å². The molecule has 0 bridgehead atoms. The Morgan fingerprint density at radius 2 is 1.78 bits per heavy atom. The lowest BCUT2D eigenvalue weighted by atomic mass is 9.94. The maximum absolute atomic E-state index is 13.4. The monoisotopic (exact) mass is 559 g/mol. The number of halogens is 4. The van der Waals surface area contributed by atoms with E-state index >= 15 is 0 Å². The quantitative estimate of drug-likeness (QED) is 0.395. The Bertz CT molecular complexity index is 1400. The number of nitrogens with zero attached hydrogens (tertiary/aromatic N) is 6. The number of hydrogen-bond donors (Lipinski definition) is 1. The van der Waals surface area contributed by atoms with Crippen LogP contribution in [0.25, 0.3) is 10.9 Å². The fourth-order valence-electron chi connectivity index (χ4n) is 4.87. The van der Waals surface area contributed by atoms with Crippen LogP contribution in [0.2, 0.25) is 0 Å². The molecule has 0 radical (unpaired) electrons. The summed E-state index contributed by atoms with van der Waals surface area (Å²) in [6.45, 7) is 3.07. The van der Waals surface area contributed by atoms with Crippen molar-refractivity contribution in [1.29, 1.82) is 0 Å². The van der Waals surface area contributed by atoms with Gasteiger partial charge in [-0.1, -0.05) is 15.9 Å². The second-order valence-corrected chi connectivity index (χ2v) is 9.62. The first-order valence-corrected chi connectivity index (χ1v) is 12.3. The summed E-state index contributed by atoms with van der Waals surface area (Å²) in [6, 6.07) is 6.39. The van der Waals surface area contributed by atoms with Crippen molar-refractivity contribution in [2.45, 2.75) is 18.6 Å². The third kappa shape index (κ3) is 4.17. The van der Waals surface area contributed by atoms with Gasteiger partial charge in [0.15, 0.2) is 0 Å². The molecule has 1 N–H and O–H groups in total. The van der Waals surface area contributed by atoms with Crippen LogP contribution in [-0.4, -0.2) is 57.8 Å². The van der Waals surface area contributed by atoms with Crippen molar-refractivity contribution in [3.05, 3.63) is 69.8 Å². The highest BCUT2D eigenvalue weighted by molar-refractivity contribution is 9.10. The summed E-state index contributed by atoms with van der Waals surface area (Å²) >= 11 is 3.54. The van der Waals surface area contributed by atoms with E-state index in [-0.39, 0.29) is 5.95 Å². The van der Waals surface area contributed by atoms with E-state index in [9.17, 15) is 13.2 Å². The first-order chi connectivity index (χ1) is 17.4. The molecule has 12 heteroatoms. The zero-order valence-electron chi connectivity index (χ0n) is 19.0. The minimum atomic E-state index is -4.57. The summed E-state index contributed by atoms with van der Waals surface area (Å²) in [5, 5.41) is 1.07. The van der Waals surface area contributed by atoms with Gasteiger partial charge in [0.1, 0.15) is 11.7 Å². The molecule has 2 aliphatic rings. The summed E-state index contributed by atoms with van der Waals surface area (Å²) < 4.78 is 46.7. The second-order valence-electron chi connectivity index (χ2n) is 8.71. The Morgan fingerprint density at radius 3 is 2.53 bits per heavy atom. The minimum Gasteiger partial charge on any atom is -0.378 e. The fourth-order valence-corrected chi connectivity index (χ4v) is 5.23. The van der Waals surface area contributed by atoms with Crippen molar-refractivity contribution in [3.8, 4) is 0 Å². The van der Waals surface area contributed by atoms with Crippen molar-refractivity contribution in [1.82, 2.24) is 24.9 Å². The summed E-state index contributed by atoms with van der Waals surface area (Å²) in [7, 11) is 0. The Kier molecular flexibility index (Phi) is 5.79. The molecule has 1 unspecified atom stereocenters. The predicted molar refractivity (Wildman–Crippen MR) is 131 cm³/mol. The van der Waals surface area contributed by atoms with E-state index < -0.39 is 17.9 Å². The van der Waals surface area contributed by atoms with Gasteiger partial charge < -0.3 is 19.5 Å². The molecule has 0 spiro atoms. The minimum absolute atomic E-state index is 0.0116. The number of nitrogens with one attached hydrogen (secondary N) is 1. The van der Waals surface area contributed by atoms with Crippen LogP contribution in [0.1, 0.15) is 28.6 Å². The Labute approximate surface area is 212 Å². The van der Waals surface area contributed by atoms with Gasteiger partial charge in [-0.25, -0.2) is 19.9 Å². The topological polar surface area (TPSA) is 83.1 Å². The lowest BCUT2D eigenvalue weighted by Crippen LogP contribution is -2.38. The lowest BCUT2D eigenvalue weighted by Gasteiger charge is -2.36. The van der Waals surface area contributed by atoms with Crippen molar-refractivity contribution in [2.75, 3.05) is 42.6 Å². The normalized spacial score (nSPS) is 18.5. The van der Waals surface area contributed by atoms with Gasteiger partial charge in [-0.15, -0.1) is 0 Å². The highest BCUT2D eigenvalue weighted by Gasteiger charge is 2.37. The van der Waals surface area contributed by atoms with Crippen LogP contribution in [0.5, 0.6) is 0 Å². The van der Waals surface area contributed by atoms with E-state index in [4.69, 9.17) is 4.74 Å². The van der Waals surface area contributed by atoms with Gasteiger partial charge in [-0.2, -0.15) is 13.2 Å². The van der Waals surface area contributed by atoms with E-state index in [2.05, 4.69) is 46.9 Å². The fraction of sp³-hybridized carbons (Fsp3) is 0.333. The van der Waals surface area contributed by atoms with Crippen LogP contribution in [0.3, 0.4) is 0 Å². The number of morpholine rings is 1. The number of hydrogen-bond acceptors (Lipinski definition) is 7. The molecule has 3 aromatic heterocycles. The summed E-state index contributed by atoms with van der Waals surface area (Å²) in [5.74, 6) is 0.609. The zero-order valence-corrected chi connectivity index (χ0v) is 20.6. The number of aromatic amines is 1. The molecule has 5 heterocycles. The van der Waals surface area contributed by atoms with Gasteiger partial charge in [0.2, 0.25) is 11.9 Å². The molecule has 8 nitrogen and oxygen atoms in total. The molecule has 2 aliphatic heterocycles. The van der Waals surface area contributed by atoms with Crippen molar-refractivity contribution in [2.24, 2.45) is 0 Å². The first-order valence-electron chi connectivity index (χ1n) is 11.5. The molecule has 0 aliphatic carbocycles. The molecular formula is C24H21BrF3N7O. The summed E-state index contributed by atoms with van der Waals surface area (Å²) in [5.41, 5.74) is 2.69. The average molecular weight is 560 g/mol. The van der Waals surface area contributed by atoms with E-state index in [1.165, 1.54) is 0 Å². The van der Waals surface area contributed by atoms with Crippen molar-refractivity contribution < 1.29 is 17.9 Å². The summed E-state index contributed by atoms with van der Waals surface area (Å²) in [4.78, 5) is 24.6. The van der Waals surface area contributed by atoms with Crippen molar-refractivity contribution in [3.63, 3.8) is 0 Å². The smallest absolute Gasteiger partial charge is 0.378 e. The Balaban J connectivity index is 1.45. The lowest BCUT2D eigenvalue weighted by molar-refractivity contribution is -0.141. The van der Waals surface area contributed by atoms with Crippen LogP contribution in [0.15, 0.2) is 47.3 Å². The Hall–Kier alpha value is -3.25. The number of aromatic nitrogens is 5. The highest BCUT2D eigenvalue weighted by atomic mass is 79.9. The molecule has 36 heavy (non-hydrogen) atoms. The molecular weight excluding hydrogens is 539 g/mol. The summed E-state index contributed by atoms with van der Waals surface area (Å²) in [6.07, 6.45) is 0.677. The van der Waals surface area contributed by atoms with E-state index in [1.54, 1.807) is 17.3 Å². The van der Waals surface area contributed by atoms with Crippen LogP contribution in [-0.2, 0) is 17.3 Å². The predicted octanol–water partition coefficient (Wildman–Crippen LogP) is 4.52. The molecule has 0 saturated carbocycles. The number of rotatable bonds is 3. The van der Waals surface area contributed by atoms with Gasteiger partial charge in [-0.3, -0.25) is 0 Å². The number of alkyl halides is 3. The van der Waals surface area contributed by atoms with Gasteiger partial charge in [0, 0.05) is 64.9 Å². The van der Waals surface area contributed by atoms with E-state index in [0.717, 1.165) is 44.5 Å². The largest absolute Gasteiger partial charge is 0.433 e. The van der Waals surface area contributed by atoms with Gasteiger partial charge in [0.05, 0.1) is 13.2 Å². The molecule has 1 aromatic carbocycles. The number of fused-ring (bicyclic) bond motifs is 3. The van der Waals surface area contributed by atoms with E-state index in [1.807, 2.05) is 17.0 Å². The van der Waals surface area contributed by atoms with Crippen LogP contribution < -0.4 is 9.80 Å². The van der Waals surface area contributed by atoms with Crippen LogP contribution in [0.4, 0.5) is 25.1 Å². The molecule has 186 valence electrons. The molecule has 6 rings (SSSR count). The standard InChI is InChI=1S/C24H21BrF3N7O/c25-15-1-2-18-17(11-15)16-4-6-35(23-29-5-3-19(33-23)24(26,27)28)21(20(16)32-18)14-12-30-22(31-13-14)34-7-9-36-10-8-34/h1-3,5,11-13,21,32H,4,6-10H2. The third-order valence-electron chi connectivity index (χ3n) is 6.55. The average Bonchev–Trinajstić information content (AvgIpc) is 3.26. The third-order valence-corrected chi connectivity index (χ3v) is 7.04. The first kappa shape index (κ1) is 23.2. The van der Waals surface area contributed by atoms with Gasteiger partial charge >= 0.3 is 6.18 Å². The van der Waals surface area contributed by atoms with Crippen molar-refractivity contribution >= 4 is 38.7 Å². The maximum Gasteiger partial charge on any atom is 0.433 e. The highest BCUT2D eigenvalue weighted by Crippen LogP contribution is 2.40. The van der Waals surface area contributed by atoms with Gasteiger partial charge in [-0.05, 0) is 36.2 Å². The molecule has 1 atom stereocenters. The SMILES string of the molecule is FC(F)(F)c1ccnc(N2CCc3c([nH]c4ccc(Br)cc34)C2c2cnc(N3CCOCC3)nc2)n1. The maximum atomic E-state index is 13.4.